The zero-order chi connectivity index (χ0) is 15.8. The van der Waals surface area contributed by atoms with E-state index in [9.17, 15) is 0 Å². The van der Waals surface area contributed by atoms with Crippen molar-refractivity contribution in [3.8, 4) is 0 Å². The molecular weight excluding hydrogens is 258 g/mol. The van der Waals surface area contributed by atoms with Gasteiger partial charge in [-0.1, -0.05) is 27.2 Å². The van der Waals surface area contributed by atoms with Crippen LogP contribution in [0, 0.1) is 11.8 Å². The van der Waals surface area contributed by atoms with E-state index in [2.05, 4.69) is 56.9 Å². The highest BCUT2D eigenvalue weighted by atomic mass is 15.2. The van der Waals surface area contributed by atoms with Crippen LogP contribution in [-0.4, -0.2) is 62.2 Å². The Bertz CT molecular complexity index is 267. The second-order valence-electron chi connectivity index (χ2n) is 7.21. The number of likely N-dealkylation sites (N-methyl/N-ethyl adjacent to an activating group) is 2. The largest absolute Gasteiger partial charge is 0.314 e. The van der Waals surface area contributed by atoms with E-state index in [1.807, 2.05) is 0 Å². The molecule has 126 valence electrons. The molecule has 1 aliphatic rings. The van der Waals surface area contributed by atoms with E-state index < -0.39 is 0 Å². The first kappa shape index (κ1) is 18.9. The Morgan fingerprint density at radius 1 is 1.14 bits per heavy atom. The third-order valence-corrected chi connectivity index (χ3v) is 5.26. The molecule has 0 radical (unpaired) electrons. The lowest BCUT2D eigenvalue weighted by atomic mass is 9.76. The van der Waals surface area contributed by atoms with Crippen LogP contribution < -0.4 is 5.32 Å². The van der Waals surface area contributed by atoms with E-state index in [4.69, 9.17) is 0 Å². The monoisotopic (exact) mass is 297 g/mol. The number of hydrogen-bond acceptors (Lipinski definition) is 3. The molecule has 1 saturated carbocycles. The summed E-state index contributed by atoms with van der Waals surface area (Å²) in [5.74, 6) is 1.78. The van der Waals surface area contributed by atoms with Gasteiger partial charge in [-0.15, -0.1) is 0 Å². The number of rotatable bonds is 9. The lowest BCUT2D eigenvalue weighted by Gasteiger charge is -2.41. The average molecular weight is 298 g/mol. The Balaban J connectivity index is 2.63. The van der Waals surface area contributed by atoms with Crippen LogP contribution >= 0.6 is 0 Å². The maximum Gasteiger partial charge on any atom is 0.0194 e. The summed E-state index contributed by atoms with van der Waals surface area (Å²) in [4.78, 5) is 5.00. The predicted octanol–water partition coefficient (Wildman–Crippen LogP) is 3.06. The molecule has 4 unspecified atom stereocenters. The Morgan fingerprint density at radius 2 is 1.86 bits per heavy atom. The van der Waals surface area contributed by atoms with Crippen LogP contribution in [0.1, 0.15) is 53.4 Å². The highest BCUT2D eigenvalue weighted by molar-refractivity contribution is 4.87. The van der Waals surface area contributed by atoms with Crippen molar-refractivity contribution in [1.29, 1.82) is 0 Å². The van der Waals surface area contributed by atoms with Gasteiger partial charge in [0, 0.05) is 25.2 Å². The fourth-order valence-corrected chi connectivity index (χ4v) is 4.03. The molecule has 1 rings (SSSR count). The van der Waals surface area contributed by atoms with Crippen molar-refractivity contribution in [2.75, 3.05) is 40.3 Å². The maximum absolute atomic E-state index is 3.75. The van der Waals surface area contributed by atoms with Crippen molar-refractivity contribution in [2.45, 2.75) is 65.5 Å². The van der Waals surface area contributed by atoms with E-state index in [0.29, 0.717) is 6.04 Å². The minimum absolute atomic E-state index is 0.647. The summed E-state index contributed by atoms with van der Waals surface area (Å²) in [6.07, 6.45) is 5.56. The van der Waals surface area contributed by atoms with E-state index >= 15 is 0 Å². The quantitative estimate of drug-likeness (QED) is 0.705. The first-order chi connectivity index (χ1) is 10.0. The molecule has 3 heteroatoms. The van der Waals surface area contributed by atoms with Gasteiger partial charge < -0.3 is 10.2 Å². The van der Waals surface area contributed by atoms with E-state index in [1.54, 1.807) is 0 Å². The molecule has 0 amide bonds. The SMILES string of the molecule is CCNC1CCC(CC)CC1CN(CC)C(C)CN(C)C. The van der Waals surface area contributed by atoms with Crippen LogP contribution in [0.3, 0.4) is 0 Å². The van der Waals surface area contributed by atoms with Gasteiger partial charge in [0.05, 0.1) is 0 Å². The zero-order valence-electron chi connectivity index (χ0n) is 15.4. The minimum atomic E-state index is 0.647. The molecule has 1 N–H and O–H groups in total. The summed E-state index contributed by atoms with van der Waals surface area (Å²) in [7, 11) is 4.36. The van der Waals surface area contributed by atoms with Crippen LogP contribution in [0.2, 0.25) is 0 Å². The molecule has 1 aliphatic carbocycles. The summed E-state index contributed by atoms with van der Waals surface area (Å²) in [6, 6.07) is 1.38. The molecule has 0 aromatic heterocycles. The molecule has 3 nitrogen and oxygen atoms in total. The summed E-state index contributed by atoms with van der Waals surface area (Å²) in [5.41, 5.74) is 0. The van der Waals surface area contributed by atoms with Gasteiger partial charge >= 0.3 is 0 Å². The van der Waals surface area contributed by atoms with Crippen molar-refractivity contribution in [1.82, 2.24) is 15.1 Å². The Morgan fingerprint density at radius 3 is 2.38 bits per heavy atom. The van der Waals surface area contributed by atoms with E-state index in [0.717, 1.165) is 31.0 Å². The van der Waals surface area contributed by atoms with Gasteiger partial charge in [-0.3, -0.25) is 4.90 Å². The van der Waals surface area contributed by atoms with Crippen LogP contribution in [0.4, 0.5) is 0 Å². The zero-order valence-corrected chi connectivity index (χ0v) is 15.4. The van der Waals surface area contributed by atoms with Gasteiger partial charge in [0.1, 0.15) is 0 Å². The summed E-state index contributed by atoms with van der Waals surface area (Å²) in [6.45, 7) is 14.0. The molecule has 21 heavy (non-hydrogen) atoms. The fourth-order valence-electron chi connectivity index (χ4n) is 4.03. The highest BCUT2D eigenvalue weighted by Crippen LogP contribution is 2.32. The molecule has 0 aromatic carbocycles. The molecular formula is C18H39N3. The van der Waals surface area contributed by atoms with Crippen LogP contribution in [0.15, 0.2) is 0 Å². The van der Waals surface area contributed by atoms with Crippen LogP contribution in [-0.2, 0) is 0 Å². The third kappa shape index (κ3) is 6.25. The van der Waals surface area contributed by atoms with Gasteiger partial charge in [0.2, 0.25) is 0 Å². The smallest absolute Gasteiger partial charge is 0.0194 e. The molecule has 0 aromatic rings. The maximum atomic E-state index is 3.75. The van der Waals surface area contributed by atoms with Crippen molar-refractivity contribution in [2.24, 2.45) is 11.8 Å². The second kappa shape index (κ2) is 9.81. The van der Waals surface area contributed by atoms with Crippen LogP contribution in [0.25, 0.3) is 0 Å². The fraction of sp³-hybridized carbons (Fsp3) is 1.00. The topological polar surface area (TPSA) is 18.5 Å². The van der Waals surface area contributed by atoms with Gasteiger partial charge in [0.25, 0.3) is 0 Å². The average Bonchev–Trinajstić information content (AvgIpc) is 2.45. The summed E-state index contributed by atoms with van der Waals surface area (Å²) >= 11 is 0. The standard InChI is InChI=1S/C18H39N3/c1-7-16-10-11-18(19-8-2)17(12-16)14-21(9-3)15(4)13-20(5)6/h15-19H,7-14H2,1-6H3. The Hall–Kier alpha value is -0.120. The molecule has 0 heterocycles. The molecule has 0 aliphatic heterocycles. The summed E-state index contributed by atoms with van der Waals surface area (Å²) < 4.78 is 0. The molecule has 0 saturated heterocycles. The van der Waals surface area contributed by atoms with Gasteiger partial charge in [-0.2, -0.15) is 0 Å². The molecule has 0 spiro atoms. The van der Waals surface area contributed by atoms with Crippen LogP contribution in [0.5, 0.6) is 0 Å². The molecule has 1 fully saturated rings. The van der Waals surface area contributed by atoms with E-state index in [-0.39, 0.29) is 0 Å². The van der Waals surface area contributed by atoms with Crippen molar-refractivity contribution >= 4 is 0 Å². The van der Waals surface area contributed by atoms with Crippen molar-refractivity contribution in [3.63, 3.8) is 0 Å². The van der Waals surface area contributed by atoms with Gasteiger partial charge in [-0.05, 0) is 65.2 Å². The predicted molar refractivity (Wildman–Crippen MR) is 93.8 cm³/mol. The minimum Gasteiger partial charge on any atom is -0.314 e. The summed E-state index contributed by atoms with van der Waals surface area (Å²) in [5, 5.41) is 3.75. The first-order valence-corrected chi connectivity index (χ1v) is 9.13. The lowest BCUT2D eigenvalue weighted by Crippen LogP contribution is -2.49. The highest BCUT2D eigenvalue weighted by Gasteiger charge is 2.31. The molecule has 0 bridgehead atoms. The van der Waals surface area contributed by atoms with Gasteiger partial charge in [0.15, 0.2) is 0 Å². The van der Waals surface area contributed by atoms with Gasteiger partial charge in [-0.25, -0.2) is 0 Å². The number of nitrogens with one attached hydrogen (secondary N) is 1. The Kier molecular flexibility index (Phi) is 8.84. The lowest BCUT2D eigenvalue weighted by molar-refractivity contribution is 0.107. The normalized spacial score (nSPS) is 28.3. The third-order valence-electron chi connectivity index (χ3n) is 5.26. The number of hydrogen-bond donors (Lipinski definition) is 1. The van der Waals surface area contributed by atoms with Crippen molar-refractivity contribution < 1.29 is 0 Å². The van der Waals surface area contributed by atoms with E-state index in [1.165, 1.54) is 38.8 Å². The molecule has 4 atom stereocenters. The van der Waals surface area contributed by atoms with Crippen molar-refractivity contribution in [3.05, 3.63) is 0 Å². The first-order valence-electron chi connectivity index (χ1n) is 9.13. The second-order valence-corrected chi connectivity index (χ2v) is 7.21. The Labute approximate surface area is 133 Å². The number of nitrogens with zero attached hydrogens (tertiary/aromatic N) is 2.